The zero-order chi connectivity index (χ0) is 14.5. The van der Waals surface area contributed by atoms with Crippen LogP contribution in [0.3, 0.4) is 0 Å². The molecule has 3 aromatic heterocycles. The molecule has 0 radical (unpaired) electrons. The van der Waals surface area contributed by atoms with E-state index >= 15 is 0 Å². The highest BCUT2D eigenvalue weighted by molar-refractivity contribution is 5.61. The van der Waals surface area contributed by atoms with E-state index in [1.807, 2.05) is 36.4 Å². The third-order valence-electron chi connectivity index (χ3n) is 2.80. The molecule has 0 aliphatic rings. The fourth-order valence-electron chi connectivity index (χ4n) is 1.81. The number of anilines is 2. The van der Waals surface area contributed by atoms with Crippen molar-refractivity contribution in [3.05, 3.63) is 55.0 Å². The summed E-state index contributed by atoms with van der Waals surface area (Å²) in [5.74, 6) is 1.73. The largest absolute Gasteiger partial charge is 0.481 e. The molecule has 0 fully saturated rings. The van der Waals surface area contributed by atoms with Gasteiger partial charge in [-0.1, -0.05) is 6.07 Å². The second-order valence-corrected chi connectivity index (χ2v) is 4.19. The summed E-state index contributed by atoms with van der Waals surface area (Å²) in [4.78, 5) is 16.9. The standard InChI is InChI=1S/C15H13N5O/c1-21-14-10-11(5-8-17-14)12-6-9-18-15(19-12)20-13-4-2-3-7-16-13/h2-10H,1H3,(H,16,18,19,20). The summed E-state index contributed by atoms with van der Waals surface area (Å²) >= 11 is 0. The summed E-state index contributed by atoms with van der Waals surface area (Å²) in [6.45, 7) is 0. The van der Waals surface area contributed by atoms with Gasteiger partial charge in [0.2, 0.25) is 11.8 Å². The van der Waals surface area contributed by atoms with Crippen molar-refractivity contribution in [1.29, 1.82) is 0 Å². The summed E-state index contributed by atoms with van der Waals surface area (Å²) in [5.41, 5.74) is 1.69. The minimum absolute atomic E-state index is 0.488. The molecule has 0 spiro atoms. The number of aromatic nitrogens is 4. The van der Waals surface area contributed by atoms with E-state index < -0.39 is 0 Å². The third kappa shape index (κ3) is 3.11. The number of hydrogen-bond acceptors (Lipinski definition) is 6. The zero-order valence-corrected chi connectivity index (χ0v) is 11.4. The van der Waals surface area contributed by atoms with Crippen molar-refractivity contribution in [2.24, 2.45) is 0 Å². The Labute approximate surface area is 121 Å². The van der Waals surface area contributed by atoms with E-state index in [-0.39, 0.29) is 0 Å². The molecule has 0 aliphatic carbocycles. The van der Waals surface area contributed by atoms with Gasteiger partial charge in [0.15, 0.2) is 0 Å². The number of ether oxygens (including phenoxy) is 1. The van der Waals surface area contributed by atoms with Gasteiger partial charge in [-0.25, -0.2) is 19.9 Å². The molecule has 0 aromatic carbocycles. The zero-order valence-electron chi connectivity index (χ0n) is 11.4. The second-order valence-electron chi connectivity index (χ2n) is 4.19. The van der Waals surface area contributed by atoms with E-state index in [9.17, 15) is 0 Å². The summed E-state index contributed by atoms with van der Waals surface area (Å²) in [5, 5.41) is 3.06. The molecule has 0 amide bonds. The van der Waals surface area contributed by atoms with Crippen LogP contribution in [0.1, 0.15) is 0 Å². The van der Waals surface area contributed by atoms with Gasteiger partial charge in [-0.3, -0.25) is 0 Å². The SMILES string of the molecule is COc1cc(-c2ccnc(Nc3ccccn3)n2)ccn1. The predicted octanol–water partition coefficient (Wildman–Crippen LogP) is 2.69. The molecule has 0 atom stereocenters. The molecule has 104 valence electrons. The van der Waals surface area contributed by atoms with Gasteiger partial charge in [-0.2, -0.15) is 0 Å². The molecular weight excluding hydrogens is 266 g/mol. The van der Waals surface area contributed by atoms with Gasteiger partial charge >= 0.3 is 0 Å². The van der Waals surface area contributed by atoms with Crippen molar-refractivity contribution < 1.29 is 4.74 Å². The highest BCUT2D eigenvalue weighted by Crippen LogP contribution is 2.21. The summed E-state index contributed by atoms with van der Waals surface area (Å²) < 4.78 is 5.12. The lowest BCUT2D eigenvalue weighted by Gasteiger charge is -2.06. The molecule has 0 saturated carbocycles. The van der Waals surface area contributed by atoms with Crippen LogP contribution in [0, 0.1) is 0 Å². The van der Waals surface area contributed by atoms with Crippen molar-refractivity contribution >= 4 is 11.8 Å². The molecular formula is C15H13N5O. The first-order valence-corrected chi connectivity index (χ1v) is 6.37. The highest BCUT2D eigenvalue weighted by Gasteiger charge is 2.04. The van der Waals surface area contributed by atoms with Gasteiger partial charge < -0.3 is 10.1 Å². The maximum atomic E-state index is 5.12. The molecule has 3 rings (SSSR count). The van der Waals surface area contributed by atoms with Gasteiger partial charge in [0.25, 0.3) is 0 Å². The Kier molecular flexibility index (Phi) is 3.68. The molecule has 0 unspecified atom stereocenters. The predicted molar refractivity (Wildman–Crippen MR) is 79.3 cm³/mol. The number of pyridine rings is 2. The van der Waals surface area contributed by atoms with Crippen LogP contribution in [0.2, 0.25) is 0 Å². The Morgan fingerprint density at radius 1 is 0.952 bits per heavy atom. The monoisotopic (exact) mass is 279 g/mol. The quantitative estimate of drug-likeness (QED) is 0.791. The van der Waals surface area contributed by atoms with E-state index in [1.54, 1.807) is 25.7 Å². The van der Waals surface area contributed by atoms with Gasteiger partial charge in [-0.15, -0.1) is 0 Å². The Bertz CT molecular complexity index is 733. The van der Waals surface area contributed by atoms with Crippen LogP contribution < -0.4 is 10.1 Å². The van der Waals surface area contributed by atoms with E-state index in [0.29, 0.717) is 17.6 Å². The fraction of sp³-hybridized carbons (Fsp3) is 0.0667. The average molecular weight is 279 g/mol. The first-order valence-electron chi connectivity index (χ1n) is 6.37. The normalized spacial score (nSPS) is 10.1. The average Bonchev–Trinajstić information content (AvgIpc) is 2.56. The van der Waals surface area contributed by atoms with Gasteiger partial charge in [0.05, 0.1) is 12.8 Å². The van der Waals surface area contributed by atoms with Crippen molar-refractivity contribution in [1.82, 2.24) is 19.9 Å². The first kappa shape index (κ1) is 13.0. The highest BCUT2D eigenvalue weighted by atomic mass is 16.5. The maximum Gasteiger partial charge on any atom is 0.228 e. The molecule has 3 aromatic rings. The van der Waals surface area contributed by atoms with Crippen LogP contribution in [0.5, 0.6) is 5.88 Å². The minimum atomic E-state index is 0.488. The Balaban J connectivity index is 1.89. The lowest BCUT2D eigenvalue weighted by molar-refractivity contribution is 0.398. The van der Waals surface area contributed by atoms with Crippen molar-refractivity contribution in [3.8, 4) is 17.1 Å². The number of nitrogens with zero attached hydrogens (tertiary/aromatic N) is 4. The molecule has 0 bridgehead atoms. The van der Waals surface area contributed by atoms with Crippen LogP contribution in [-0.2, 0) is 0 Å². The first-order chi connectivity index (χ1) is 10.3. The second kappa shape index (κ2) is 5.96. The molecule has 0 saturated heterocycles. The van der Waals surface area contributed by atoms with Gasteiger partial charge in [0, 0.05) is 30.2 Å². The lowest BCUT2D eigenvalue weighted by Crippen LogP contribution is -1.99. The van der Waals surface area contributed by atoms with Crippen LogP contribution in [0.25, 0.3) is 11.3 Å². The minimum Gasteiger partial charge on any atom is -0.481 e. The summed E-state index contributed by atoms with van der Waals surface area (Å²) in [7, 11) is 1.58. The van der Waals surface area contributed by atoms with Crippen molar-refractivity contribution in [2.45, 2.75) is 0 Å². The summed E-state index contributed by atoms with van der Waals surface area (Å²) in [6, 6.07) is 11.1. The number of rotatable bonds is 4. The molecule has 3 heterocycles. The van der Waals surface area contributed by atoms with Crippen LogP contribution in [0.15, 0.2) is 55.0 Å². The van der Waals surface area contributed by atoms with Gasteiger partial charge in [0.1, 0.15) is 5.82 Å². The van der Waals surface area contributed by atoms with Gasteiger partial charge in [-0.05, 0) is 24.3 Å². The van der Waals surface area contributed by atoms with Crippen LogP contribution in [-0.4, -0.2) is 27.0 Å². The molecule has 1 N–H and O–H groups in total. The van der Waals surface area contributed by atoms with Crippen LogP contribution in [0.4, 0.5) is 11.8 Å². The van der Waals surface area contributed by atoms with E-state index in [4.69, 9.17) is 4.74 Å². The number of nitrogens with one attached hydrogen (secondary N) is 1. The molecule has 6 nitrogen and oxygen atoms in total. The molecule has 0 aliphatic heterocycles. The Morgan fingerprint density at radius 2 is 1.86 bits per heavy atom. The van der Waals surface area contributed by atoms with Crippen molar-refractivity contribution in [2.75, 3.05) is 12.4 Å². The third-order valence-corrected chi connectivity index (χ3v) is 2.80. The Hall–Kier alpha value is -3.02. The van der Waals surface area contributed by atoms with E-state index in [2.05, 4.69) is 25.3 Å². The topological polar surface area (TPSA) is 72.8 Å². The fourth-order valence-corrected chi connectivity index (χ4v) is 1.81. The van der Waals surface area contributed by atoms with Crippen LogP contribution >= 0.6 is 0 Å². The number of methoxy groups -OCH3 is 1. The lowest BCUT2D eigenvalue weighted by atomic mass is 10.2. The van der Waals surface area contributed by atoms with E-state index in [0.717, 1.165) is 11.3 Å². The van der Waals surface area contributed by atoms with Crippen molar-refractivity contribution in [3.63, 3.8) is 0 Å². The van der Waals surface area contributed by atoms with E-state index in [1.165, 1.54) is 0 Å². The smallest absolute Gasteiger partial charge is 0.228 e. The molecule has 21 heavy (non-hydrogen) atoms. The number of hydrogen-bond donors (Lipinski definition) is 1. The summed E-state index contributed by atoms with van der Waals surface area (Å²) in [6.07, 6.45) is 5.09. The molecule has 6 heteroatoms. The maximum absolute atomic E-state index is 5.12. The Morgan fingerprint density at radius 3 is 2.67 bits per heavy atom.